The van der Waals surface area contributed by atoms with Gasteiger partial charge in [0.1, 0.15) is 12.2 Å². The van der Waals surface area contributed by atoms with Gasteiger partial charge in [0.15, 0.2) is 16.6 Å². The summed E-state index contributed by atoms with van der Waals surface area (Å²) in [6.45, 7) is 5.77. The molecule has 0 saturated carbocycles. The minimum Gasteiger partial charge on any atom is -0.493 e. The molecule has 2 saturated heterocycles. The van der Waals surface area contributed by atoms with Crippen molar-refractivity contribution in [1.82, 2.24) is 10.2 Å². The molecule has 8 nitrogen and oxygen atoms in total. The molecular weight excluding hydrogens is 550 g/mol. The molecule has 3 aromatic rings. The van der Waals surface area contributed by atoms with Crippen LogP contribution in [0.2, 0.25) is 0 Å². The molecule has 9 heteroatoms. The van der Waals surface area contributed by atoms with E-state index in [9.17, 15) is 14.4 Å². The largest absolute Gasteiger partial charge is 0.493 e. The second-order valence-corrected chi connectivity index (χ2v) is 10.9. The number of piperidine rings is 1. The van der Waals surface area contributed by atoms with Gasteiger partial charge in [-0.25, -0.2) is 0 Å². The number of carbonyl (C=O) groups excluding carboxylic acids is 3. The molecular formula is C33H33N3O5S. The van der Waals surface area contributed by atoms with Crippen molar-refractivity contribution in [2.45, 2.75) is 39.7 Å². The Balaban J connectivity index is 1.30. The van der Waals surface area contributed by atoms with Crippen molar-refractivity contribution in [3.8, 4) is 11.5 Å². The molecule has 2 aliphatic rings. The SMILES string of the molecule is COc1cc(/C=C2\C(=O)NC(=S)N(c3cc(C)cc(C)c3)C2=O)ccc1OCc1ccc(C(=O)N2CCCCC2)cc1. The Kier molecular flexibility index (Phi) is 8.68. The van der Waals surface area contributed by atoms with E-state index in [-0.39, 0.29) is 23.2 Å². The Bertz CT molecular complexity index is 1550. The lowest BCUT2D eigenvalue weighted by Gasteiger charge is -2.29. The third-order valence-electron chi connectivity index (χ3n) is 7.30. The van der Waals surface area contributed by atoms with Crippen molar-refractivity contribution in [2.24, 2.45) is 0 Å². The highest BCUT2D eigenvalue weighted by Gasteiger charge is 2.34. The van der Waals surface area contributed by atoms with E-state index in [1.165, 1.54) is 24.5 Å². The molecule has 3 aromatic carbocycles. The number of anilines is 1. The van der Waals surface area contributed by atoms with Crippen molar-refractivity contribution in [3.05, 3.63) is 94.1 Å². The van der Waals surface area contributed by atoms with Gasteiger partial charge in [0.25, 0.3) is 17.7 Å². The number of likely N-dealkylation sites (tertiary alicyclic amines) is 1. The molecule has 0 atom stereocenters. The molecule has 3 amide bonds. The van der Waals surface area contributed by atoms with Gasteiger partial charge in [0.05, 0.1) is 12.8 Å². The molecule has 5 rings (SSSR count). The number of amides is 3. The van der Waals surface area contributed by atoms with Gasteiger partial charge in [-0.15, -0.1) is 0 Å². The summed E-state index contributed by atoms with van der Waals surface area (Å²) in [6, 6.07) is 18.3. The molecule has 216 valence electrons. The van der Waals surface area contributed by atoms with Crippen LogP contribution in [0.3, 0.4) is 0 Å². The maximum Gasteiger partial charge on any atom is 0.270 e. The summed E-state index contributed by atoms with van der Waals surface area (Å²) >= 11 is 5.33. The molecule has 0 aromatic heterocycles. The quantitative estimate of drug-likeness (QED) is 0.229. The fourth-order valence-corrected chi connectivity index (χ4v) is 5.50. The summed E-state index contributed by atoms with van der Waals surface area (Å²) < 4.78 is 11.6. The van der Waals surface area contributed by atoms with E-state index >= 15 is 0 Å². The van der Waals surface area contributed by atoms with Gasteiger partial charge < -0.3 is 14.4 Å². The van der Waals surface area contributed by atoms with Crippen LogP contribution >= 0.6 is 12.2 Å². The first-order valence-corrected chi connectivity index (χ1v) is 14.3. The highest BCUT2D eigenvalue weighted by molar-refractivity contribution is 7.80. The van der Waals surface area contributed by atoms with Gasteiger partial charge in [-0.3, -0.25) is 24.6 Å². The summed E-state index contributed by atoms with van der Waals surface area (Å²) in [6.07, 6.45) is 4.80. The monoisotopic (exact) mass is 583 g/mol. The Morgan fingerprint density at radius 3 is 2.29 bits per heavy atom. The molecule has 0 aliphatic carbocycles. The van der Waals surface area contributed by atoms with Crippen LogP contribution < -0.4 is 19.7 Å². The summed E-state index contributed by atoms with van der Waals surface area (Å²) in [4.78, 5) is 42.2. The zero-order valence-corrected chi connectivity index (χ0v) is 24.8. The lowest BCUT2D eigenvalue weighted by atomic mass is 10.1. The maximum atomic E-state index is 13.4. The number of rotatable bonds is 7. The van der Waals surface area contributed by atoms with Gasteiger partial charge in [-0.2, -0.15) is 0 Å². The molecule has 0 unspecified atom stereocenters. The summed E-state index contributed by atoms with van der Waals surface area (Å²) in [5.74, 6) is -0.0443. The van der Waals surface area contributed by atoms with Gasteiger partial charge in [-0.05, 0) is 110 Å². The zero-order chi connectivity index (χ0) is 29.8. The van der Waals surface area contributed by atoms with Crippen LogP contribution in [0.25, 0.3) is 6.08 Å². The van der Waals surface area contributed by atoms with Crippen LogP contribution in [0, 0.1) is 13.8 Å². The number of aryl methyl sites for hydroxylation is 2. The topological polar surface area (TPSA) is 88.2 Å². The van der Waals surface area contributed by atoms with Crippen LogP contribution in [0.4, 0.5) is 5.69 Å². The average Bonchev–Trinajstić information content (AvgIpc) is 2.98. The maximum absolute atomic E-state index is 13.4. The van der Waals surface area contributed by atoms with Crippen LogP contribution in [0.5, 0.6) is 11.5 Å². The van der Waals surface area contributed by atoms with E-state index in [1.807, 2.05) is 61.2 Å². The Morgan fingerprint density at radius 2 is 1.62 bits per heavy atom. The Morgan fingerprint density at radius 1 is 0.929 bits per heavy atom. The van der Waals surface area contributed by atoms with E-state index in [0.717, 1.165) is 42.6 Å². The number of nitrogens with zero attached hydrogens (tertiary/aromatic N) is 2. The van der Waals surface area contributed by atoms with Gasteiger partial charge in [0, 0.05) is 18.7 Å². The fraction of sp³-hybridized carbons (Fsp3) is 0.273. The molecule has 1 N–H and O–H groups in total. The molecule has 0 radical (unpaired) electrons. The number of hydrogen-bond acceptors (Lipinski definition) is 6. The van der Waals surface area contributed by atoms with Crippen molar-refractivity contribution >= 4 is 46.8 Å². The van der Waals surface area contributed by atoms with Crippen molar-refractivity contribution in [3.63, 3.8) is 0 Å². The number of ether oxygens (including phenoxy) is 2. The number of benzene rings is 3. The first-order chi connectivity index (χ1) is 20.2. The average molecular weight is 584 g/mol. The molecule has 2 fully saturated rings. The number of hydrogen-bond donors (Lipinski definition) is 1. The lowest BCUT2D eigenvalue weighted by Crippen LogP contribution is -2.54. The van der Waals surface area contributed by atoms with Crippen LogP contribution in [0.1, 0.15) is 51.9 Å². The number of methoxy groups -OCH3 is 1. The minimum absolute atomic E-state index is 0.0392. The van der Waals surface area contributed by atoms with Gasteiger partial charge >= 0.3 is 0 Å². The van der Waals surface area contributed by atoms with E-state index in [4.69, 9.17) is 21.7 Å². The zero-order valence-electron chi connectivity index (χ0n) is 23.9. The van der Waals surface area contributed by atoms with Crippen LogP contribution in [-0.2, 0) is 16.2 Å². The van der Waals surface area contributed by atoms with Crippen molar-refractivity contribution < 1.29 is 23.9 Å². The van der Waals surface area contributed by atoms with Crippen LogP contribution in [0.15, 0.2) is 66.2 Å². The molecule has 42 heavy (non-hydrogen) atoms. The molecule has 2 aliphatic heterocycles. The van der Waals surface area contributed by atoms with E-state index in [0.29, 0.717) is 28.3 Å². The first kappa shape index (κ1) is 29.0. The normalized spacial score (nSPS) is 16.5. The highest BCUT2D eigenvalue weighted by atomic mass is 32.1. The number of nitrogens with one attached hydrogen (secondary N) is 1. The third-order valence-corrected chi connectivity index (χ3v) is 7.59. The first-order valence-electron chi connectivity index (χ1n) is 13.9. The third kappa shape index (κ3) is 6.36. The molecule has 0 spiro atoms. The van der Waals surface area contributed by atoms with E-state index < -0.39 is 11.8 Å². The van der Waals surface area contributed by atoms with Crippen molar-refractivity contribution in [2.75, 3.05) is 25.1 Å². The van der Waals surface area contributed by atoms with Crippen LogP contribution in [-0.4, -0.2) is 47.9 Å². The smallest absolute Gasteiger partial charge is 0.270 e. The van der Waals surface area contributed by atoms with Gasteiger partial charge in [0.2, 0.25) is 0 Å². The van der Waals surface area contributed by atoms with Gasteiger partial charge in [-0.1, -0.05) is 24.3 Å². The second-order valence-electron chi connectivity index (χ2n) is 10.6. The summed E-state index contributed by atoms with van der Waals surface area (Å²) in [7, 11) is 1.53. The number of thiocarbonyl (C=S) groups is 1. The Hall–Kier alpha value is -4.50. The number of carbonyl (C=O) groups is 3. The minimum atomic E-state index is -0.563. The highest BCUT2D eigenvalue weighted by Crippen LogP contribution is 2.31. The van der Waals surface area contributed by atoms with E-state index in [1.54, 1.807) is 18.2 Å². The second kappa shape index (κ2) is 12.6. The standard InChI is InChI=1S/C33H33N3O5S/c1-21-15-22(2)17-26(16-21)36-32(39)27(30(37)34-33(36)42)18-24-9-12-28(29(19-24)40-3)41-20-23-7-10-25(11-8-23)31(38)35-13-5-4-6-14-35/h7-12,15-19H,4-6,13-14,20H2,1-3H3,(H,34,37,42)/b27-18+. The molecule has 0 bridgehead atoms. The molecule has 2 heterocycles. The predicted molar refractivity (Wildman–Crippen MR) is 166 cm³/mol. The summed E-state index contributed by atoms with van der Waals surface area (Å²) in [5, 5.41) is 2.66. The lowest BCUT2D eigenvalue weighted by molar-refractivity contribution is -0.122. The summed E-state index contributed by atoms with van der Waals surface area (Å²) in [5.41, 5.74) is 4.68. The van der Waals surface area contributed by atoms with E-state index in [2.05, 4.69) is 5.32 Å². The van der Waals surface area contributed by atoms with Crippen molar-refractivity contribution in [1.29, 1.82) is 0 Å². The Labute approximate surface area is 250 Å². The predicted octanol–water partition coefficient (Wildman–Crippen LogP) is 5.35. The fourth-order valence-electron chi connectivity index (χ4n) is 5.22.